The first-order valence-corrected chi connectivity index (χ1v) is 7.76. The minimum absolute atomic E-state index is 0.109. The number of thiophene rings is 1. The number of ether oxygens (including phenoxy) is 1. The van der Waals surface area contributed by atoms with Gasteiger partial charge in [0.2, 0.25) is 0 Å². The topological polar surface area (TPSA) is 34.1 Å². The Morgan fingerprint density at radius 3 is 2.70 bits per heavy atom. The quantitative estimate of drug-likeness (QED) is 0.881. The van der Waals surface area contributed by atoms with Crippen LogP contribution in [0.5, 0.6) is 5.75 Å². The molecule has 0 aliphatic heterocycles. The van der Waals surface area contributed by atoms with Gasteiger partial charge in [0.05, 0.1) is 18.5 Å². The van der Waals surface area contributed by atoms with Gasteiger partial charge >= 0.3 is 0 Å². The fourth-order valence-corrected chi connectivity index (χ4v) is 2.37. The van der Waals surface area contributed by atoms with Crippen LogP contribution < -0.4 is 10.1 Å². The van der Waals surface area contributed by atoms with Crippen molar-refractivity contribution < 1.29 is 4.74 Å². The van der Waals surface area contributed by atoms with E-state index >= 15 is 0 Å². The van der Waals surface area contributed by atoms with E-state index in [0.717, 1.165) is 24.4 Å². The van der Waals surface area contributed by atoms with E-state index in [9.17, 15) is 0 Å². The molecule has 1 N–H and O–H groups in total. The van der Waals surface area contributed by atoms with E-state index in [2.05, 4.69) is 48.6 Å². The highest BCUT2D eigenvalue weighted by Gasteiger charge is 2.08. The Hall–Kier alpha value is -1.39. The lowest BCUT2D eigenvalue weighted by atomic mass is 10.1. The summed E-state index contributed by atoms with van der Waals surface area (Å²) in [6, 6.07) is 8.20. The average Bonchev–Trinajstić information content (AvgIpc) is 2.90. The molecule has 2 heterocycles. The first-order chi connectivity index (χ1) is 9.53. The predicted molar refractivity (Wildman–Crippen MR) is 84.3 cm³/mol. The first kappa shape index (κ1) is 15.0. The summed E-state index contributed by atoms with van der Waals surface area (Å²) < 4.78 is 5.70. The molecule has 0 amide bonds. The van der Waals surface area contributed by atoms with Gasteiger partial charge in [-0.25, -0.2) is 0 Å². The van der Waals surface area contributed by atoms with Crippen LogP contribution in [0.2, 0.25) is 0 Å². The van der Waals surface area contributed by atoms with Gasteiger partial charge in [-0.1, -0.05) is 6.07 Å². The number of nitrogens with zero attached hydrogens (tertiary/aromatic N) is 1. The number of pyridine rings is 1. The van der Waals surface area contributed by atoms with Gasteiger partial charge in [0, 0.05) is 23.4 Å². The Morgan fingerprint density at radius 1 is 1.25 bits per heavy atom. The van der Waals surface area contributed by atoms with Crippen LogP contribution in [0.4, 0.5) is 0 Å². The number of rotatable bonds is 6. The van der Waals surface area contributed by atoms with Gasteiger partial charge in [0.25, 0.3) is 0 Å². The molecule has 0 unspecified atom stereocenters. The zero-order chi connectivity index (χ0) is 14.4. The maximum Gasteiger partial charge on any atom is 0.137 e. The second kappa shape index (κ2) is 6.86. The lowest BCUT2D eigenvalue weighted by Gasteiger charge is -2.20. The van der Waals surface area contributed by atoms with Gasteiger partial charge in [-0.15, -0.1) is 11.3 Å². The molecule has 108 valence electrons. The van der Waals surface area contributed by atoms with E-state index in [1.54, 1.807) is 17.5 Å². The zero-order valence-corrected chi connectivity index (χ0v) is 13.2. The average molecular weight is 290 g/mol. The van der Waals surface area contributed by atoms with Crippen LogP contribution in [0.15, 0.2) is 35.8 Å². The van der Waals surface area contributed by atoms with Crippen molar-refractivity contribution in [2.24, 2.45) is 0 Å². The second-order valence-electron chi connectivity index (χ2n) is 5.77. The van der Waals surface area contributed by atoms with Crippen molar-refractivity contribution in [3.05, 3.63) is 46.4 Å². The fraction of sp³-hybridized carbons (Fsp3) is 0.438. The number of aromatic nitrogens is 1. The molecule has 0 spiro atoms. The summed E-state index contributed by atoms with van der Waals surface area (Å²) in [6.45, 7) is 7.92. The molecule has 0 bridgehead atoms. The Morgan fingerprint density at radius 2 is 2.10 bits per heavy atom. The molecule has 0 aromatic carbocycles. The lowest BCUT2D eigenvalue weighted by molar-refractivity contribution is 0.321. The summed E-state index contributed by atoms with van der Waals surface area (Å²) in [7, 11) is 0. The van der Waals surface area contributed by atoms with Gasteiger partial charge in [-0.3, -0.25) is 4.98 Å². The molecular formula is C16H22N2OS. The van der Waals surface area contributed by atoms with Gasteiger partial charge in [0.15, 0.2) is 0 Å². The molecule has 0 aliphatic rings. The summed E-state index contributed by atoms with van der Waals surface area (Å²) in [6.07, 6.45) is 2.75. The van der Waals surface area contributed by atoms with Crippen LogP contribution in [0.3, 0.4) is 0 Å². The molecule has 0 saturated heterocycles. The minimum Gasteiger partial charge on any atom is -0.492 e. The monoisotopic (exact) mass is 290 g/mol. The fourth-order valence-electron chi connectivity index (χ4n) is 1.68. The standard InChI is InChI=1S/C16H22N2OS/c1-16(2,3)18-11-13-6-7-14(12-17-13)19-9-8-15-5-4-10-20-15/h4-7,10,12,18H,8-9,11H2,1-3H3. The number of nitrogens with one attached hydrogen (secondary N) is 1. The first-order valence-electron chi connectivity index (χ1n) is 6.88. The lowest BCUT2D eigenvalue weighted by Crippen LogP contribution is -2.35. The zero-order valence-electron chi connectivity index (χ0n) is 12.3. The summed E-state index contributed by atoms with van der Waals surface area (Å²) in [5.74, 6) is 0.834. The van der Waals surface area contributed by atoms with Crippen LogP contribution >= 0.6 is 11.3 Å². The van der Waals surface area contributed by atoms with Crippen molar-refractivity contribution in [2.75, 3.05) is 6.61 Å². The molecule has 2 rings (SSSR count). The Bertz CT molecular complexity index is 500. The maximum absolute atomic E-state index is 5.70. The number of hydrogen-bond acceptors (Lipinski definition) is 4. The molecule has 2 aromatic heterocycles. The van der Waals surface area contributed by atoms with Gasteiger partial charge in [0.1, 0.15) is 5.75 Å². The van der Waals surface area contributed by atoms with Crippen LogP contribution in [-0.2, 0) is 13.0 Å². The summed E-state index contributed by atoms with van der Waals surface area (Å²) in [5.41, 5.74) is 1.14. The summed E-state index contributed by atoms with van der Waals surface area (Å²) in [5, 5.41) is 5.51. The van der Waals surface area contributed by atoms with Crippen molar-refractivity contribution in [3.63, 3.8) is 0 Å². The maximum atomic E-state index is 5.70. The molecule has 20 heavy (non-hydrogen) atoms. The Kier molecular flexibility index (Phi) is 5.15. The Labute approximate surface area is 125 Å². The van der Waals surface area contributed by atoms with E-state index in [0.29, 0.717) is 6.61 Å². The molecule has 2 aromatic rings. The highest BCUT2D eigenvalue weighted by atomic mass is 32.1. The smallest absolute Gasteiger partial charge is 0.137 e. The molecule has 4 heteroatoms. The normalized spacial score (nSPS) is 11.6. The van der Waals surface area contributed by atoms with Crippen molar-refractivity contribution in [1.82, 2.24) is 10.3 Å². The molecule has 0 fully saturated rings. The van der Waals surface area contributed by atoms with E-state index in [4.69, 9.17) is 4.74 Å². The summed E-state index contributed by atoms with van der Waals surface area (Å²) in [4.78, 5) is 5.76. The highest BCUT2D eigenvalue weighted by Crippen LogP contribution is 2.13. The third-order valence-electron chi connectivity index (χ3n) is 2.79. The van der Waals surface area contributed by atoms with Crippen molar-refractivity contribution in [2.45, 2.75) is 39.3 Å². The van der Waals surface area contributed by atoms with Crippen LogP contribution in [-0.4, -0.2) is 17.1 Å². The van der Waals surface area contributed by atoms with Crippen molar-refractivity contribution in [1.29, 1.82) is 0 Å². The summed E-state index contributed by atoms with van der Waals surface area (Å²) >= 11 is 1.77. The second-order valence-corrected chi connectivity index (χ2v) is 6.80. The van der Waals surface area contributed by atoms with Crippen LogP contribution in [0, 0.1) is 0 Å². The third-order valence-corrected chi connectivity index (χ3v) is 3.73. The third kappa shape index (κ3) is 5.31. The van der Waals surface area contributed by atoms with E-state index < -0.39 is 0 Å². The van der Waals surface area contributed by atoms with Crippen molar-refractivity contribution in [3.8, 4) is 5.75 Å². The predicted octanol–water partition coefficient (Wildman–Crippen LogP) is 3.65. The highest BCUT2D eigenvalue weighted by molar-refractivity contribution is 7.09. The van der Waals surface area contributed by atoms with Gasteiger partial charge in [-0.2, -0.15) is 0 Å². The largest absolute Gasteiger partial charge is 0.492 e. The van der Waals surface area contributed by atoms with Crippen LogP contribution in [0.1, 0.15) is 31.3 Å². The molecule has 0 aliphatic carbocycles. The number of hydrogen-bond donors (Lipinski definition) is 1. The SMILES string of the molecule is CC(C)(C)NCc1ccc(OCCc2cccs2)cn1. The van der Waals surface area contributed by atoms with E-state index in [-0.39, 0.29) is 5.54 Å². The van der Waals surface area contributed by atoms with E-state index in [1.807, 2.05) is 12.1 Å². The molecule has 3 nitrogen and oxygen atoms in total. The molecule has 0 radical (unpaired) electrons. The van der Waals surface area contributed by atoms with E-state index in [1.165, 1.54) is 4.88 Å². The molecule has 0 atom stereocenters. The van der Waals surface area contributed by atoms with Gasteiger partial charge in [-0.05, 0) is 44.4 Å². The Balaban J connectivity index is 1.76. The van der Waals surface area contributed by atoms with Gasteiger partial charge < -0.3 is 10.1 Å². The molecule has 0 saturated carbocycles. The van der Waals surface area contributed by atoms with Crippen LogP contribution in [0.25, 0.3) is 0 Å². The van der Waals surface area contributed by atoms with Crippen molar-refractivity contribution >= 4 is 11.3 Å². The minimum atomic E-state index is 0.109. The molecular weight excluding hydrogens is 268 g/mol.